The maximum absolute atomic E-state index is 14.0. The second-order valence-electron chi connectivity index (χ2n) is 16.3. The molecule has 0 radical (unpaired) electrons. The Kier molecular flexibility index (Phi) is 15.0. The molecule has 0 atom stereocenters. The van der Waals surface area contributed by atoms with E-state index in [-0.39, 0.29) is 110 Å². The number of phenolic OH excluding ortho intramolecular Hbond substituents is 4. The molecule has 2 aromatic heterocycles. The van der Waals surface area contributed by atoms with Crippen molar-refractivity contribution in [2.24, 2.45) is 0 Å². The molecule has 0 unspecified atom stereocenters. The fourth-order valence-electron chi connectivity index (χ4n) is 7.09. The Morgan fingerprint density at radius 2 is 0.582 bits per heavy atom. The van der Waals surface area contributed by atoms with Gasteiger partial charge in [-0.15, -0.1) is 9.97 Å². The zero-order valence-electron chi connectivity index (χ0n) is 40.1. The van der Waals surface area contributed by atoms with Crippen molar-refractivity contribution < 1.29 is 64.6 Å². The Hall–Kier alpha value is -9.27. The Labute approximate surface area is 458 Å². The van der Waals surface area contributed by atoms with E-state index in [1.165, 1.54) is 158 Å². The minimum atomic E-state index is -4.17. The summed E-state index contributed by atoms with van der Waals surface area (Å²) in [6.45, 7) is 0. The summed E-state index contributed by atoms with van der Waals surface area (Å²) in [5.41, 5.74) is 0. The Balaban J connectivity index is 0.881. The molecule has 20 nitrogen and oxygen atoms in total. The van der Waals surface area contributed by atoms with Gasteiger partial charge in [-0.05, 0) is 193 Å². The first-order chi connectivity index (χ1) is 37.9. The molecule has 25 heteroatoms. The Bertz CT molecular complexity index is 3940. The van der Waals surface area contributed by atoms with Gasteiger partial charge in [-0.2, -0.15) is 19.9 Å². The van der Waals surface area contributed by atoms with Crippen LogP contribution in [0.2, 0.25) is 0 Å². The fourth-order valence-corrected chi connectivity index (χ4v) is 12.6. The van der Waals surface area contributed by atoms with Crippen molar-refractivity contribution in [3.8, 4) is 70.0 Å². The highest BCUT2D eigenvalue weighted by atomic mass is 32.2. The maximum atomic E-state index is 14.0. The molecular weight excluding hydrogens is 1120 g/mol. The lowest BCUT2D eigenvalue weighted by molar-refractivity contribution is 0.381. The van der Waals surface area contributed by atoms with Gasteiger partial charge in [0.1, 0.15) is 55.8 Å². The third-order valence-electron chi connectivity index (χ3n) is 10.9. The molecule has 0 fully saturated rings. The van der Waals surface area contributed by atoms with Gasteiger partial charge < -0.3 is 39.4 Å². The Morgan fingerprint density at radius 1 is 0.304 bits per heavy atom. The van der Waals surface area contributed by atoms with E-state index in [2.05, 4.69) is 29.9 Å². The van der Waals surface area contributed by atoms with Crippen LogP contribution in [0.25, 0.3) is 0 Å². The van der Waals surface area contributed by atoms with Crippen molar-refractivity contribution >= 4 is 53.0 Å². The number of benzene rings is 8. The molecule has 0 amide bonds. The predicted molar refractivity (Wildman–Crippen MR) is 283 cm³/mol. The fraction of sp³-hybridized carbons (Fsp3) is 0. The second kappa shape index (κ2) is 22.4. The summed E-state index contributed by atoms with van der Waals surface area (Å²) in [6, 6.07) is 43.3. The average molecular weight is 1150 g/mol. The third kappa shape index (κ3) is 12.5. The number of aromatic hydroxyl groups is 4. The molecule has 10 rings (SSSR count). The van der Waals surface area contributed by atoms with Crippen molar-refractivity contribution in [3.05, 3.63) is 194 Å². The largest absolute Gasteiger partial charge is 0.508 e. The van der Waals surface area contributed by atoms with Gasteiger partial charge in [0, 0.05) is 9.79 Å². The van der Waals surface area contributed by atoms with Gasteiger partial charge in [0.2, 0.25) is 39.8 Å². The van der Waals surface area contributed by atoms with Gasteiger partial charge in [-0.1, -0.05) is 24.3 Å². The first-order valence-electron chi connectivity index (χ1n) is 22.8. The smallest absolute Gasteiger partial charge is 0.329 e. The molecular formula is C54H36N6O14S5. The van der Waals surface area contributed by atoms with Gasteiger partial charge in [0.05, 0.1) is 19.6 Å². The molecule has 0 aliphatic heterocycles. The lowest BCUT2D eigenvalue weighted by Gasteiger charge is -2.13. The maximum Gasteiger partial charge on any atom is 0.329 e. The van der Waals surface area contributed by atoms with E-state index in [0.717, 1.165) is 23.5 Å². The molecule has 79 heavy (non-hydrogen) atoms. The van der Waals surface area contributed by atoms with Crippen molar-refractivity contribution in [1.82, 2.24) is 29.9 Å². The number of sulfone groups is 3. The van der Waals surface area contributed by atoms with Crippen LogP contribution in [0.5, 0.6) is 70.0 Å². The minimum Gasteiger partial charge on any atom is -0.508 e. The number of phenols is 4. The highest BCUT2D eigenvalue weighted by Crippen LogP contribution is 2.38. The molecule has 396 valence electrons. The van der Waals surface area contributed by atoms with Crippen LogP contribution in [-0.2, 0) is 29.5 Å². The molecule has 10 aromatic rings. The van der Waals surface area contributed by atoms with Gasteiger partial charge >= 0.3 is 24.0 Å². The lowest BCUT2D eigenvalue weighted by atomic mass is 10.3. The van der Waals surface area contributed by atoms with Crippen LogP contribution in [0.1, 0.15) is 0 Å². The zero-order valence-corrected chi connectivity index (χ0v) is 44.2. The normalized spacial score (nSPS) is 11.6. The third-order valence-corrected chi connectivity index (χ3v) is 18.0. The minimum absolute atomic E-state index is 0.0259. The molecule has 0 bridgehead atoms. The van der Waals surface area contributed by atoms with E-state index in [9.17, 15) is 45.7 Å². The van der Waals surface area contributed by atoms with Crippen LogP contribution in [0.4, 0.5) is 0 Å². The van der Waals surface area contributed by atoms with Gasteiger partial charge in [-0.3, -0.25) is 0 Å². The molecule has 0 aliphatic carbocycles. The van der Waals surface area contributed by atoms with Crippen LogP contribution in [0, 0.1) is 0 Å². The Morgan fingerprint density at radius 3 is 0.924 bits per heavy atom. The topological polar surface area (TPSA) is 298 Å². The van der Waals surface area contributed by atoms with Crippen LogP contribution >= 0.6 is 23.5 Å². The first kappa shape index (κ1) is 53.1. The summed E-state index contributed by atoms with van der Waals surface area (Å²) >= 11 is 2.10. The van der Waals surface area contributed by atoms with Crippen molar-refractivity contribution in [1.29, 1.82) is 0 Å². The molecule has 8 aromatic carbocycles. The van der Waals surface area contributed by atoms with Crippen molar-refractivity contribution in [2.45, 2.75) is 49.5 Å². The lowest BCUT2D eigenvalue weighted by Crippen LogP contribution is -2.06. The summed E-state index contributed by atoms with van der Waals surface area (Å²) < 4.78 is 107. The first-order valence-corrected chi connectivity index (χ1v) is 28.9. The highest BCUT2D eigenvalue weighted by molar-refractivity contribution is 7.99. The number of nitrogens with zero attached hydrogens (tertiary/aromatic N) is 6. The van der Waals surface area contributed by atoms with Crippen molar-refractivity contribution in [2.75, 3.05) is 0 Å². The number of aromatic nitrogens is 6. The molecule has 0 spiro atoms. The molecule has 0 saturated carbocycles. The number of hydrogen-bond donors (Lipinski definition) is 4. The molecule has 4 N–H and O–H groups in total. The highest BCUT2D eigenvalue weighted by Gasteiger charge is 2.26. The molecule has 0 saturated heterocycles. The summed E-state index contributed by atoms with van der Waals surface area (Å²) in [4.78, 5) is 26.4. The van der Waals surface area contributed by atoms with Crippen LogP contribution in [-0.4, -0.2) is 75.6 Å². The second-order valence-corrected chi connectivity index (χ2v) is 24.2. The van der Waals surface area contributed by atoms with Gasteiger partial charge in [0.15, 0.2) is 0 Å². The van der Waals surface area contributed by atoms with Crippen molar-refractivity contribution in [3.63, 3.8) is 0 Å². The molecule has 2 heterocycles. The number of rotatable bonds is 18. The predicted octanol–water partition coefficient (Wildman–Crippen LogP) is 10.8. The average Bonchev–Trinajstić information content (AvgIpc) is 3.51. The number of para-hydroxylation sites is 2. The van der Waals surface area contributed by atoms with E-state index >= 15 is 0 Å². The summed E-state index contributed by atoms with van der Waals surface area (Å²) in [6.07, 6.45) is 0. The van der Waals surface area contributed by atoms with Crippen LogP contribution < -0.4 is 18.9 Å². The molecule has 0 aliphatic rings. The summed E-state index contributed by atoms with van der Waals surface area (Å²) in [5.74, 6) is -0.263. The van der Waals surface area contributed by atoms with E-state index in [1.54, 1.807) is 36.4 Å². The van der Waals surface area contributed by atoms with E-state index in [1.807, 2.05) is 0 Å². The quantitative estimate of drug-likeness (QED) is 0.0620. The van der Waals surface area contributed by atoms with E-state index < -0.39 is 29.5 Å². The summed E-state index contributed by atoms with van der Waals surface area (Å²) in [7, 11) is -12.5. The van der Waals surface area contributed by atoms with Crippen LogP contribution in [0.15, 0.2) is 244 Å². The van der Waals surface area contributed by atoms with E-state index in [0.29, 0.717) is 9.79 Å². The van der Waals surface area contributed by atoms with E-state index in [4.69, 9.17) is 18.9 Å². The van der Waals surface area contributed by atoms with Gasteiger partial charge in [-0.25, -0.2) is 25.3 Å². The van der Waals surface area contributed by atoms with Gasteiger partial charge in [0.25, 0.3) is 0 Å². The number of hydrogen-bond acceptors (Lipinski definition) is 22. The monoisotopic (exact) mass is 1150 g/mol. The summed E-state index contributed by atoms with van der Waals surface area (Å²) in [5, 5.41) is 39.3. The standard InChI is InChI=1S/C54H36N6O14S5/c61-33-9-21-39(22-10-33)75-53-57-49(55-51(59-53)73-45-5-1-3-7-47(45)78(67,68)43-25-13-35(63)14-26-43)71-37-17-29-41(30-18-37)77(65,66)42-31-19-38(20-32-42)72-50-56-52(60-54(58-50)76-40-23-11-34(62)12-24-40)74-46-6-2-4-8-48(46)79(69,70)44-27-15-36(64)16-28-44/h1-32,61-64H. The number of ether oxygens (including phenoxy) is 4. The SMILES string of the molecule is O=S(=O)(c1ccc(Oc2nc(Oc3ccccc3S(=O)(=O)c3ccc(O)cc3)nc(Sc3ccc(O)cc3)n2)cc1)c1ccc(Oc2nc(Oc3ccccc3S(=O)(=O)c3ccc(O)cc3)nc(Sc3ccc(O)cc3)n2)cc1. The van der Waals surface area contributed by atoms with Crippen LogP contribution in [0.3, 0.4) is 0 Å². The zero-order chi connectivity index (χ0) is 55.3.